The van der Waals surface area contributed by atoms with E-state index >= 15 is 0 Å². The van der Waals surface area contributed by atoms with Gasteiger partial charge in [-0.3, -0.25) is 4.79 Å². The Bertz CT molecular complexity index is 698. The van der Waals surface area contributed by atoms with Crippen LogP contribution >= 0.6 is 0 Å². The van der Waals surface area contributed by atoms with E-state index in [1.54, 1.807) is 13.0 Å². The van der Waals surface area contributed by atoms with Crippen molar-refractivity contribution in [3.05, 3.63) is 58.5 Å². The molecule has 0 bridgehead atoms. The van der Waals surface area contributed by atoms with Crippen molar-refractivity contribution in [3.8, 4) is 0 Å². The van der Waals surface area contributed by atoms with Gasteiger partial charge in [0.15, 0.2) is 0 Å². The molecule has 1 aliphatic rings. The zero-order valence-electron chi connectivity index (χ0n) is 11.6. The lowest BCUT2D eigenvalue weighted by Crippen LogP contribution is -2.19. The zero-order valence-corrected chi connectivity index (χ0v) is 11.6. The topological polar surface area (TPSA) is 54.6 Å². The van der Waals surface area contributed by atoms with Gasteiger partial charge in [0.05, 0.1) is 11.3 Å². The predicted molar refractivity (Wildman–Crippen MR) is 76.9 cm³/mol. The number of carbonyl (C=O) groups excluding carboxylic acids is 1. The van der Waals surface area contributed by atoms with E-state index in [-0.39, 0.29) is 5.91 Å². The summed E-state index contributed by atoms with van der Waals surface area (Å²) in [5, 5.41) is 4.27. The van der Waals surface area contributed by atoms with Crippen molar-refractivity contribution in [2.75, 3.05) is 0 Å². The number of hydrazone groups is 1. The van der Waals surface area contributed by atoms with Crippen molar-refractivity contribution in [2.45, 2.75) is 26.7 Å². The fourth-order valence-corrected chi connectivity index (χ4v) is 2.56. The summed E-state index contributed by atoms with van der Waals surface area (Å²) in [7, 11) is 0. The number of carbonyl (C=O) groups is 1. The van der Waals surface area contributed by atoms with Gasteiger partial charge in [-0.25, -0.2) is 5.43 Å². The Balaban J connectivity index is 1.79. The molecule has 0 unspecified atom stereocenters. The fourth-order valence-electron chi connectivity index (χ4n) is 2.56. The maximum Gasteiger partial charge on any atom is 0.274 e. The number of nitrogens with zero attached hydrogens (tertiary/aromatic N) is 1. The lowest BCUT2D eigenvalue weighted by molar-refractivity contribution is 0.0953. The Morgan fingerprint density at radius 2 is 2.05 bits per heavy atom. The van der Waals surface area contributed by atoms with E-state index in [2.05, 4.69) is 16.6 Å². The molecule has 1 aromatic carbocycles. The molecule has 0 saturated heterocycles. The first-order chi connectivity index (χ1) is 9.65. The number of fused-ring (bicyclic) bond motifs is 1. The Morgan fingerprint density at radius 1 is 1.25 bits per heavy atom. The zero-order chi connectivity index (χ0) is 14.1. The molecule has 1 heterocycles. The monoisotopic (exact) mass is 268 g/mol. The van der Waals surface area contributed by atoms with Gasteiger partial charge in [0.25, 0.3) is 5.91 Å². The number of rotatable bonds is 2. The maximum atomic E-state index is 12.1. The third-order valence-corrected chi connectivity index (χ3v) is 3.54. The van der Waals surface area contributed by atoms with Crippen LogP contribution < -0.4 is 5.43 Å². The molecule has 102 valence electrons. The number of benzene rings is 1. The number of furan rings is 1. The minimum atomic E-state index is -0.226. The number of amides is 1. The third-order valence-electron chi connectivity index (χ3n) is 3.54. The summed E-state index contributed by atoms with van der Waals surface area (Å²) >= 11 is 0. The van der Waals surface area contributed by atoms with Crippen molar-refractivity contribution >= 4 is 11.6 Å². The van der Waals surface area contributed by atoms with E-state index in [1.807, 2.05) is 25.1 Å². The molecule has 0 saturated carbocycles. The molecule has 0 atom stereocenters. The standard InChI is InChI=1S/C16H16N2O2/c1-10-9-14(11(2)20-10)16(19)18-17-15-8-7-12-5-3-4-6-13(12)15/h3-6,9H,7-8H2,1-2H3,(H,18,19)/b17-15+. The van der Waals surface area contributed by atoms with Crippen LogP contribution in [0.5, 0.6) is 0 Å². The molecule has 4 nitrogen and oxygen atoms in total. The predicted octanol–water partition coefficient (Wildman–Crippen LogP) is 2.98. The van der Waals surface area contributed by atoms with Crippen molar-refractivity contribution < 1.29 is 9.21 Å². The van der Waals surface area contributed by atoms with Crippen LogP contribution in [0.15, 0.2) is 39.9 Å². The number of nitrogens with one attached hydrogen (secondary N) is 1. The van der Waals surface area contributed by atoms with Gasteiger partial charge in [-0.15, -0.1) is 0 Å². The molecule has 4 heteroatoms. The van der Waals surface area contributed by atoms with Crippen molar-refractivity contribution in [3.63, 3.8) is 0 Å². The summed E-state index contributed by atoms with van der Waals surface area (Å²) in [6.45, 7) is 3.60. The van der Waals surface area contributed by atoms with Gasteiger partial charge in [-0.1, -0.05) is 24.3 Å². The van der Waals surface area contributed by atoms with Gasteiger partial charge in [0, 0.05) is 5.56 Å². The molecule has 0 spiro atoms. The molecule has 3 rings (SSSR count). The van der Waals surface area contributed by atoms with Gasteiger partial charge in [-0.2, -0.15) is 5.10 Å². The second-order valence-electron chi connectivity index (χ2n) is 4.98. The van der Waals surface area contributed by atoms with Crippen molar-refractivity contribution in [1.82, 2.24) is 5.43 Å². The second-order valence-corrected chi connectivity index (χ2v) is 4.98. The quantitative estimate of drug-likeness (QED) is 0.851. The highest BCUT2D eigenvalue weighted by Gasteiger charge is 2.18. The van der Waals surface area contributed by atoms with Gasteiger partial charge >= 0.3 is 0 Å². The van der Waals surface area contributed by atoms with E-state index in [9.17, 15) is 4.79 Å². The Morgan fingerprint density at radius 3 is 2.80 bits per heavy atom. The average molecular weight is 268 g/mol. The van der Waals surface area contributed by atoms with E-state index in [1.165, 1.54) is 5.56 Å². The van der Waals surface area contributed by atoms with E-state index in [0.717, 1.165) is 29.9 Å². The highest BCUT2D eigenvalue weighted by molar-refractivity contribution is 6.05. The van der Waals surface area contributed by atoms with Crippen LogP contribution in [0.2, 0.25) is 0 Å². The SMILES string of the molecule is Cc1cc(C(=O)N/N=C2\CCc3ccccc32)c(C)o1. The van der Waals surface area contributed by atoms with Crippen LogP contribution in [-0.4, -0.2) is 11.6 Å². The summed E-state index contributed by atoms with van der Waals surface area (Å²) in [5.74, 6) is 1.12. The first kappa shape index (κ1) is 12.7. The van der Waals surface area contributed by atoms with Crippen LogP contribution in [0.25, 0.3) is 0 Å². The summed E-state index contributed by atoms with van der Waals surface area (Å²) in [4.78, 5) is 12.1. The normalized spacial score (nSPS) is 15.4. The van der Waals surface area contributed by atoms with Gasteiger partial charge in [0.2, 0.25) is 0 Å². The molecule has 20 heavy (non-hydrogen) atoms. The van der Waals surface area contributed by atoms with Gasteiger partial charge in [-0.05, 0) is 38.3 Å². The molecule has 2 aromatic rings. The van der Waals surface area contributed by atoms with E-state index < -0.39 is 0 Å². The average Bonchev–Trinajstić information content (AvgIpc) is 2.99. The number of hydrogen-bond donors (Lipinski definition) is 1. The van der Waals surface area contributed by atoms with Crippen LogP contribution in [-0.2, 0) is 6.42 Å². The molecular formula is C16H16N2O2. The minimum Gasteiger partial charge on any atom is -0.466 e. The largest absolute Gasteiger partial charge is 0.466 e. The molecule has 1 N–H and O–H groups in total. The third kappa shape index (κ3) is 2.25. The lowest BCUT2D eigenvalue weighted by Gasteiger charge is -2.01. The number of aryl methyl sites for hydroxylation is 3. The summed E-state index contributed by atoms with van der Waals surface area (Å²) in [6.07, 6.45) is 1.84. The van der Waals surface area contributed by atoms with Crippen LogP contribution in [0.1, 0.15) is 39.4 Å². The van der Waals surface area contributed by atoms with Gasteiger partial charge in [0.1, 0.15) is 11.5 Å². The highest BCUT2D eigenvalue weighted by Crippen LogP contribution is 2.21. The highest BCUT2D eigenvalue weighted by atomic mass is 16.3. The smallest absolute Gasteiger partial charge is 0.274 e. The molecule has 1 amide bonds. The lowest BCUT2D eigenvalue weighted by atomic mass is 10.1. The molecule has 0 aliphatic heterocycles. The molecule has 1 aliphatic carbocycles. The Kier molecular flexibility index (Phi) is 3.14. The summed E-state index contributed by atoms with van der Waals surface area (Å²) in [6, 6.07) is 9.89. The first-order valence-electron chi connectivity index (χ1n) is 6.67. The molecular weight excluding hydrogens is 252 g/mol. The molecule has 0 fully saturated rings. The first-order valence-corrected chi connectivity index (χ1v) is 6.67. The minimum absolute atomic E-state index is 0.226. The van der Waals surface area contributed by atoms with Crippen LogP contribution in [0, 0.1) is 13.8 Å². The van der Waals surface area contributed by atoms with Crippen molar-refractivity contribution in [1.29, 1.82) is 0 Å². The Hall–Kier alpha value is -2.36. The van der Waals surface area contributed by atoms with E-state index in [4.69, 9.17) is 4.42 Å². The number of hydrogen-bond acceptors (Lipinski definition) is 3. The van der Waals surface area contributed by atoms with Gasteiger partial charge < -0.3 is 4.42 Å². The van der Waals surface area contributed by atoms with Crippen LogP contribution in [0.4, 0.5) is 0 Å². The molecule has 1 aromatic heterocycles. The fraction of sp³-hybridized carbons (Fsp3) is 0.250. The van der Waals surface area contributed by atoms with Crippen molar-refractivity contribution in [2.24, 2.45) is 5.10 Å². The molecule has 0 radical (unpaired) electrons. The van der Waals surface area contributed by atoms with E-state index in [0.29, 0.717) is 11.3 Å². The van der Waals surface area contributed by atoms with Crippen LogP contribution in [0.3, 0.4) is 0 Å². The Labute approximate surface area is 117 Å². The second kappa shape index (κ2) is 4.96. The summed E-state index contributed by atoms with van der Waals surface area (Å²) < 4.78 is 5.35. The summed E-state index contributed by atoms with van der Waals surface area (Å²) in [5.41, 5.74) is 6.52. The maximum absolute atomic E-state index is 12.1.